The van der Waals surface area contributed by atoms with Gasteiger partial charge in [0.15, 0.2) is 6.61 Å². The summed E-state index contributed by atoms with van der Waals surface area (Å²) in [5.41, 5.74) is 6.50. The quantitative estimate of drug-likeness (QED) is 0.237. The van der Waals surface area contributed by atoms with Crippen molar-refractivity contribution in [2.75, 3.05) is 6.61 Å². The number of benzene rings is 4. The van der Waals surface area contributed by atoms with Crippen LogP contribution >= 0.6 is 11.6 Å². The summed E-state index contributed by atoms with van der Waals surface area (Å²) >= 11 is 5.90. The Labute approximate surface area is 203 Å². The van der Waals surface area contributed by atoms with Gasteiger partial charge in [-0.2, -0.15) is 5.10 Å². The molecule has 0 saturated carbocycles. The Morgan fingerprint density at radius 2 is 1.53 bits per heavy atom. The molecule has 0 fully saturated rings. The topological polar surface area (TPSA) is 59.9 Å². The number of nitrogens with one attached hydrogen (secondary N) is 1. The highest BCUT2D eigenvalue weighted by atomic mass is 35.5. The van der Waals surface area contributed by atoms with E-state index in [1.807, 2.05) is 103 Å². The van der Waals surface area contributed by atoms with Gasteiger partial charge >= 0.3 is 0 Å². The largest absolute Gasteiger partial charge is 0.489 e. The SMILES string of the molecule is O=C(COc1ccc(-c2ccccc2)cc1)N/N=C/c1cccc(OCc2ccc(Cl)cc2)c1. The Morgan fingerprint density at radius 1 is 0.794 bits per heavy atom. The second kappa shape index (κ2) is 11.7. The molecule has 0 heterocycles. The number of hydrogen-bond acceptors (Lipinski definition) is 4. The van der Waals surface area contributed by atoms with Crippen LogP contribution in [-0.2, 0) is 11.4 Å². The lowest BCUT2D eigenvalue weighted by molar-refractivity contribution is -0.123. The fourth-order valence-corrected chi connectivity index (χ4v) is 3.29. The number of nitrogens with zero attached hydrogens (tertiary/aromatic N) is 1. The van der Waals surface area contributed by atoms with Gasteiger partial charge < -0.3 is 9.47 Å². The molecule has 0 aliphatic carbocycles. The monoisotopic (exact) mass is 470 g/mol. The Morgan fingerprint density at radius 3 is 2.29 bits per heavy atom. The summed E-state index contributed by atoms with van der Waals surface area (Å²) in [5, 5.41) is 4.69. The molecule has 0 radical (unpaired) electrons. The molecule has 0 atom stereocenters. The van der Waals surface area contributed by atoms with Crippen molar-refractivity contribution in [3.05, 3.63) is 119 Å². The molecule has 5 nitrogen and oxygen atoms in total. The number of carbonyl (C=O) groups is 1. The molecule has 4 rings (SSSR count). The number of ether oxygens (including phenoxy) is 2. The molecule has 1 N–H and O–H groups in total. The molecule has 4 aromatic carbocycles. The molecule has 0 aliphatic rings. The van der Waals surface area contributed by atoms with Gasteiger partial charge in [-0.15, -0.1) is 0 Å². The van der Waals surface area contributed by atoms with Crippen LogP contribution < -0.4 is 14.9 Å². The summed E-state index contributed by atoms with van der Waals surface area (Å²) < 4.78 is 11.4. The highest BCUT2D eigenvalue weighted by Gasteiger charge is 2.03. The van der Waals surface area contributed by atoms with Gasteiger partial charge in [-0.3, -0.25) is 4.79 Å². The molecule has 0 spiro atoms. The minimum Gasteiger partial charge on any atom is -0.489 e. The number of rotatable bonds is 9. The van der Waals surface area contributed by atoms with Crippen molar-refractivity contribution in [3.63, 3.8) is 0 Å². The predicted molar refractivity (Wildman–Crippen MR) is 135 cm³/mol. The molecular formula is C28H23ClN2O3. The van der Waals surface area contributed by atoms with Crippen LogP contribution in [-0.4, -0.2) is 18.7 Å². The summed E-state index contributed by atoms with van der Waals surface area (Å²) in [6, 6.07) is 32.6. The first-order valence-electron chi connectivity index (χ1n) is 10.7. The van der Waals surface area contributed by atoms with Crippen LogP contribution in [0.5, 0.6) is 11.5 Å². The zero-order valence-electron chi connectivity index (χ0n) is 18.4. The van der Waals surface area contributed by atoms with Gasteiger partial charge in [0.2, 0.25) is 0 Å². The van der Waals surface area contributed by atoms with E-state index >= 15 is 0 Å². The highest BCUT2D eigenvalue weighted by molar-refractivity contribution is 6.30. The van der Waals surface area contributed by atoms with E-state index in [0.29, 0.717) is 23.1 Å². The Kier molecular flexibility index (Phi) is 7.93. The van der Waals surface area contributed by atoms with Gasteiger partial charge in [0, 0.05) is 5.02 Å². The maximum Gasteiger partial charge on any atom is 0.277 e. The second-order valence-electron chi connectivity index (χ2n) is 7.46. The first kappa shape index (κ1) is 23.1. The van der Waals surface area contributed by atoms with Crippen molar-refractivity contribution in [1.82, 2.24) is 5.43 Å². The number of carbonyl (C=O) groups excluding carboxylic acids is 1. The number of halogens is 1. The van der Waals surface area contributed by atoms with Crippen LogP contribution in [0.2, 0.25) is 5.02 Å². The maximum absolute atomic E-state index is 12.1. The van der Waals surface area contributed by atoms with E-state index in [2.05, 4.69) is 10.5 Å². The van der Waals surface area contributed by atoms with Crippen LogP contribution in [0.4, 0.5) is 0 Å². The lowest BCUT2D eigenvalue weighted by Gasteiger charge is -2.07. The summed E-state index contributed by atoms with van der Waals surface area (Å²) in [7, 11) is 0. The zero-order valence-corrected chi connectivity index (χ0v) is 19.1. The third-order valence-electron chi connectivity index (χ3n) is 4.91. The van der Waals surface area contributed by atoms with E-state index in [0.717, 1.165) is 22.3 Å². The summed E-state index contributed by atoms with van der Waals surface area (Å²) in [5.74, 6) is 0.968. The van der Waals surface area contributed by atoms with Gasteiger partial charge in [-0.1, -0.05) is 78.3 Å². The molecule has 6 heteroatoms. The van der Waals surface area contributed by atoms with Crippen LogP contribution in [0, 0.1) is 0 Å². The van der Waals surface area contributed by atoms with E-state index in [-0.39, 0.29) is 12.5 Å². The lowest BCUT2D eigenvalue weighted by Crippen LogP contribution is -2.24. The van der Waals surface area contributed by atoms with E-state index in [9.17, 15) is 4.79 Å². The molecule has 0 aliphatic heterocycles. The lowest BCUT2D eigenvalue weighted by atomic mass is 10.1. The summed E-state index contributed by atoms with van der Waals surface area (Å²) in [4.78, 5) is 12.1. The van der Waals surface area contributed by atoms with Crippen LogP contribution in [0.3, 0.4) is 0 Å². The average molecular weight is 471 g/mol. The van der Waals surface area contributed by atoms with Crippen molar-refractivity contribution in [2.45, 2.75) is 6.61 Å². The molecule has 4 aromatic rings. The van der Waals surface area contributed by atoms with Gasteiger partial charge in [-0.05, 0) is 58.7 Å². The fourth-order valence-electron chi connectivity index (χ4n) is 3.17. The maximum atomic E-state index is 12.1. The molecule has 0 aromatic heterocycles. The van der Waals surface area contributed by atoms with E-state index < -0.39 is 0 Å². The first-order valence-corrected chi connectivity index (χ1v) is 11.1. The number of hydrogen-bond donors (Lipinski definition) is 1. The smallest absolute Gasteiger partial charge is 0.277 e. The number of hydrazone groups is 1. The Hall–Kier alpha value is -4.09. The molecule has 34 heavy (non-hydrogen) atoms. The van der Waals surface area contributed by atoms with Crippen molar-refractivity contribution < 1.29 is 14.3 Å². The zero-order chi connectivity index (χ0) is 23.6. The van der Waals surface area contributed by atoms with Crippen molar-refractivity contribution >= 4 is 23.7 Å². The standard InChI is InChI=1S/C28H23ClN2O3/c29-25-13-9-21(10-14-25)19-33-27-8-4-5-22(17-27)18-30-31-28(32)20-34-26-15-11-24(12-16-26)23-6-2-1-3-7-23/h1-18H,19-20H2,(H,31,32)/b30-18+. The van der Waals surface area contributed by atoms with Crippen molar-refractivity contribution in [3.8, 4) is 22.6 Å². The molecular weight excluding hydrogens is 448 g/mol. The van der Waals surface area contributed by atoms with Crippen LogP contribution in [0.15, 0.2) is 108 Å². The molecule has 0 bridgehead atoms. The summed E-state index contributed by atoms with van der Waals surface area (Å²) in [6.07, 6.45) is 1.56. The third-order valence-corrected chi connectivity index (χ3v) is 5.16. The molecule has 0 saturated heterocycles. The molecule has 0 unspecified atom stereocenters. The summed E-state index contributed by atoms with van der Waals surface area (Å²) in [6.45, 7) is 0.296. The van der Waals surface area contributed by atoms with Gasteiger partial charge in [-0.25, -0.2) is 5.43 Å². The van der Waals surface area contributed by atoms with Crippen LogP contribution in [0.1, 0.15) is 11.1 Å². The Bertz CT molecular complexity index is 1240. The van der Waals surface area contributed by atoms with Crippen molar-refractivity contribution in [1.29, 1.82) is 0 Å². The normalized spacial score (nSPS) is 10.7. The molecule has 1 amide bonds. The Balaban J connectivity index is 1.23. The minimum atomic E-state index is -0.349. The van der Waals surface area contributed by atoms with Gasteiger partial charge in [0.05, 0.1) is 6.21 Å². The van der Waals surface area contributed by atoms with E-state index in [1.54, 1.807) is 6.21 Å². The average Bonchev–Trinajstić information content (AvgIpc) is 2.88. The first-order chi connectivity index (χ1) is 16.7. The van der Waals surface area contributed by atoms with Gasteiger partial charge in [0.1, 0.15) is 18.1 Å². The van der Waals surface area contributed by atoms with E-state index in [1.165, 1.54) is 0 Å². The van der Waals surface area contributed by atoms with Crippen LogP contribution in [0.25, 0.3) is 11.1 Å². The third kappa shape index (κ3) is 6.95. The molecule has 170 valence electrons. The van der Waals surface area contributed by atoms with Crippen molar-refractivity contribution in [2.24, 2.45) is 5.10 Å². The van der Waals surface area contributed by atoms with Gasteiger partial charge in [0.25, 0.3) is 5.91 Å². The highest BCUT2D eigenvalue weighted by Crippen LogP contribution is 2.22. The number of amides is 1. The fraction of sp³-hybridized carbons (Fsp3) is 0.0714. The van der Waals surface area contributed by atoms with E-state index in [4.69, 9.17) is 21.1 Å². The minimum absolute atomic E-state index is 0.133. The predicted octanol–water partition coefficient (Wildman–Crippen LogP) is 6.12. The second-order valence-corrected chi connectivity index (χ2v) is 7.90.